The Morgan fingerprint density at radius 3 is 2.32 bits per heavy atom. The van der Waals surface area contributed by atoms with Gasteiger partial charge < -0.3 is 25.0 Å². The molecule has 0 unspecified atom stereocenters. The smallest absolute Gasteiger partial charge is 0.416 e. The van der Waals surface area contributed by atoms with E-state index >= 15 is 0 Å². The molecule has 0 atom stereocenters. The van der Waals surface area contributed by atoms with Gasteiger partial charge in [0.25, 0.3) is 0 Å². The molecule has 0 bridgehead atoms. The Labute approximate surface area is 213 Å². The van der Waals surface area contributed by atoms with Gasteiger partial charge in [0.05, 0.1) is 12.1 Å². The number of carbonyl (C=O) groups is 4. The van der Waals surface area contributed by atoms with Crippen LogP contribution in [0.25, 0.3) is 0 Å². The molecule has 2 heterocycles. The quantitative estimate of drug-likeness (QED) is 0.454. The lowest BCUT2D eigenvalue weighted by molar-refractivity contribution is -0.150. The van der Waals surface area contributed by atoms with Crippen LogP contribution in [0.3, 0.4) is 0 Å². The second-order valence-electron chi connectivity index (χ2n) is 9.66. The van der Waals surface area contributed by atoms with E-state index in [1.165, 1.54) is 12.1 Å². The van der Waals surface area contributed by atoms with Crippen molar-refractivity contribution in [3.8, 4) is 0 Å². The van der Waals surface area contributed by atoms with Crippen molar-refractivity contribution in [2.24, 2.45) is 0 Å². The number of amides is 2. The molecule has 0 aromatic heterocycles. The Kier molecular flexibility index (Phi) is 9.48. The number of likely N-dealkylation sites (tertiary alicyclic amines) is 1. The van der Waals surface area contributed by atoms with Crippen molar-refractivity contribution in [2.75, 3.05) is 32.0 Å². The summed E-state index contributed by atoms with van der Waals surface area (Å²) in [7, 11) is 1.58. The Balaban J connectivity index is 0.000000271. The zero-order valence-electron chi connectivity index (χ0n) is 21.5. The molecule has 9 nitrogen and oxygen atoms in total. The number of esters is 1. The fourth-order valence-corrected chi connectivity index (χ4v) is 3.84. The van der Waals surface area contributed by atoms with Crippen LogP contribution in [0.4, 0.5) is 23.7 Å². The molecule has 2 aliphatic rings. The van der Waals surface area contributed by atoms with Crippen LogP contribution in [0.5, 0.6) is 0 Å². The van der Waals surface area contributed by atoms with E-state index in [9.17, 15) is 32.3 Å². The summed E-state index contributed by atoms with van der Waals surface area (Å²) in [4.78, 5) is 47.6. The van der Waals surface area contributed by atoms with Gasteiger partial charge >= 0.3 is 18.2 Å². The third kappa shape index (κ3) is 8.04. The van der Waals surface area contributed by atoms with Crippen molar-refractivity contribution >= 4 is 29.9 Å². The van der Waals surface area contributed by atoms with Crippen molar-refractivity contribution in [3.05, 3.63) is 41.0 Å². The summed E-state index contributed by atoms with van der Waals surface area (Å²) in [5.41, 5.74) is -1.27. The predicted molar refractivity (Wildman–Crippen MR) is 129 cm³/mol. The van der Waals surface area contributed by atoms with Crippen molar-refractivity contribution in [1.82, 2.24) is 10.2 Å². The molecule has 0 aliphatic carbocycles. The Hall–Kier alpha value is -3.41. The number of piperidine rings is 1. The van der Waals surface area contributed by atoms with Gasteiger partial charge in [0, 0.05) is 42.8 Å². The highest BCUT2D eigenvalue weighted by molar-refractivity contribution is 6.00. The molecule has 2 aliphatic heterocycles. The molecule has 1 saturated heterocycles. The molecular weight excluding hydrogens is 495 g/mol. The molecule has 1 fully saturated rings. The minimum absolute atomic E-state index is 0.0518. The first-order chi connectivity index (χ1) is 17.1. The van der Waals surface area contributed by atoms with Crippen LogP contribution < -0.4 is 10.6 Å². The van der Waals surface area contributed by atoms with Crippen LogP contribution in [0.2, 0.25) is 0 Å². The SMILES string of the molecule is CC1=C(C=O)C2(CCN(C(=O)OC(C)(C)C)CC2)OC1=O.CNCC(=O)Nc1cccc(C(F)(F)F)c1. The number of hydrogen-bond donors (Lipinski definition) is 2. The summed E-state index contributed by atoms with van der Waals surface area (Å²) in [6, 6.07) is 4.50. The van der Waals surface area contributed by atoms with E-state index in [1.54, 1.807) is 18.9 Å². The minimum Gasteiger partial charge on any atom is -0.451 e. The molecule has 2 amide bonds. The maximum absolute atomic E-state index is 12.3. The average molecular weight is 528 g/mol. The van der Waals surface area contributed by atoms with Crippen LogP contribution in [0, 0.1) is 0 Å². The summed E-state index contributed by atoms with van der Waals surface area (Å²) in [6.07, 6.45) is -3.24. The van der Waals surface area contributed by atoms with Crippen LogP contribution in [-0.4, -0.2) is 67.0 Å². The van der Waals surface area contributed by atoms with Gasteiger partial charge in [0.1, 0.15) is 11.2 Å². The second kappa shape index (κ2) is 11.8. The molecule has 2 N–H and O–H groups in total. The molecule has 1 aromatic rings. The van der Waals surface area contributed by atoms with Gasteiger partial charge in [-0.05, 0) is 52.9 Å². The number of anilines is 1. The number of halogens is 3. The Morgan fingerprint density at radius 2 is 1.81 bits per heavy atom. The van der Waals surface area contributed by atoms with Crippen molar-refractivity contribution < 1.29 is 41.8 Å². The van der Waals surface area contributed by atoms with Gasteiger partial charge in [0.15, 0.2) is 6.29 Å². The first-order valence-electron chi connectivity index (χ1n) is 11.6. The topological polar surface area (TPSA) is 114 Å². The lowest BCUT2D eigenvalue weighted by atomic mass is 9.84. The summed E-state index contributed by atoms with van der Waals surface area (Å²) in [6.45, 7) is 7.87. The number of carbonyl (C=O) groups excluding carboxylic acids is 4. The molecule has 1 spiro atoms. The van der Waals surface area contributed by atoms with E-state index in [0.29, 0.717) is 43.4 Å². The number of rotatable bonds is 4. The lowest BCUT2D eigenvalue weighted by Crippen LogP contribution is -2.49. The number of benzene rings is 1. The largest absolute Gasteiger partial charge is 0.451 e. The number of alkyl halides is 3. The van der Waals surface area contributed by atoms with Crippen molar-refractivity contribution in [1.29, 1.82) is 0 Å². The maximum Gasteiger partial charge on any atom is 0.416 e. The maximum atomic E-state index is 12.3. The normalized spacial score (nSPS) is 17.1. The summed E-state index contributed by atoms with van der Waals surface area (Å²) >= 11 is 0. The number of hydrogen-bond acceptors (Lipinski definition) is 7. The van der Waals surface area contributed by atoms with Crippen molar-refractivity contribution in [3.63, 3.8) is 0 Å². The second-order valence-corrected chi connectivity index (χ2v) is 9.66. The van der Waals surface area contributed by atoms with Crippen LogP contribution >= 0.6 is 0 Å². The third-order valence-electron chi connectivity index (χ3n) is 5.64. The fraction of sp³-hybridized carbons (Fsp3) is 0.520. The number of likely N-dealkylation sites (N-methyl/N-ethyl adjacent to an activating group) is 1. The highest BCUT2D eigenvalue weighted by atomic mass is 19.4. The van der Waals surface area contributed by atoms with Gasteiger partial charge in [-0.2, -0.15) is 13.2 Å². The van der Waals surface area contributed by atoms with Gasteiger partial charge in [-0.25, -0.2) is 9.59 Å². The molecular formula is C25H32F3N3O6. The van der Waals surface area contributed by atoms with E-state index in [2.05, 4.69) is 10.6 Å². The zero-order chi connectivity index (χ0) is 28.0. The number of nitrogens with zero attached hydrogens (tertiary/aromatic N) is 1. The van der Waals surface area contributed by atoms with E-state index in [4.69, 9.17) is 9.47 Å². The molecule has 0 saturated carbocycles. The third-order valence-corrected chi connectivity index (χ3v) is 5.64. The number of nitrogens with one attached hydrogen (secondary N) is 2. The highest BCUT2D eigenvalue weighted by Crippen LogP contribution is 2.40. The van der Waals surface area contributed by atoms with E-state index < -0.39 is 28.9 Å². The van der Waals surface area contributed by atoms with E-state index in [0.717, 1.165) is 12.1 Å². The molecule has 0 radical (unpaired) electrons. The van der Waals surface area contributed by atoms with Gasteiger partial charge in [-0.3, -0.25) is 9.59 Å². The number of aldehydes is 1. The highest BCUT2D eigenvalue weighted by Gasteiger charge is 2.48. The molecule has 3 rings (SSSR count). The van der Waals surface area contributed by atoms with Crippen LogP contribution in [-0.2, 0) is 30.0 Å². The first-order valence-corrected chi connectivity index (χ1v) is 11.6. The average Bonchev–Trinajstić information content (AvgIpc) is 3.01. The van der Waals surface area contributed by atoms with Crippen LogP contribution in [0.15, 0.2) is 35.4 Å². The zero-order valence-corrected chi connectivity index (χ0v) is 21.5. The summed E-state index contributed by atoms with van der Waals surface area (Å²) in [5, 5.41) is 4.95. The molecule has 37 heavy (non-hydrogen) atoms. The van der Waals surface area contributed by atoms with Gasteiger partial charge in [-0.15, -0.1) is 0 Å². The van der Waals surface area contributed by atoms with Crippen molar-refractivity contribution in [2.45, 2.75) is 57.9 Å². The molecule has 12 heteroatoms. The standard InChI is InChI=1S/C15H21NO5.C10H11F3N2O/c1-10-11(9-17)15(20-12(10)18)5-7-16(8-6-15)13(19)21-14(2,3)4;1-14-6-9(16)15-8-4-2-3-7(5-8)10(11,12)13/h9H,5-8H2,1-4H3;2-5,14H,6H2,1H3,(H,15,16). The Morgan fingerprint density at radius 1 is 1.19 bits per heavy atom. The van der Waals surface area contributed by atoms with Gasteiger partial charge in [0.2, 0.25) is 5.91 Å². The van der Waals surface area contributed by atoms with Crippen LogP contribution in [0.1, 0.15) is 46.1 Å². The number of ether oxygens (including phenoxy) is 2. The Bertz CT molecular complexity index is 1050. The lowest BCUT2D eigenvalue weighted by Gasteiger charge is -2.39. The first kappa shape index (κ1) is 29.8. The molecule has 1 aromatic carbocycles. The van der Waals surface area contributed by atoms with E-state index in [1.807, 2.05) is 20.8 Å². The summed E-state index contributed by atoms with van der Waals surface area (Å²) < 4.78 is 47.7. The van der Waals surface area contributed by atoms with Gasteiger partial charge in [-0.1, -0.05) is 6.07 Å². The minimum atomic E-state index is -4.40. The fourth-order valence-electron chi connectivity index (χ4n) is 3.84. The predicted octanol–water partition coefficient (Wildman–Crippen LogP) is 3.69. The van der Waals surface area contributed by atoms with E-state index in [-0.39, 0.29) is 24.2 Å². The summed E-state index contributed by atoms with van der Waals surface area (Å²) in [5.74, 6) is -0.829. The molecule has 204 valence electrons. The monoisotopic (exact) mass is 527 g/mol.